The number of alkyl halides is 3. The number of hydrogen-bond acceptors (Lipinski definition) is 7. The predicted molar refractivity (Wildman–Crippen MR) is 124 cm³/mol. The molecule has 1 amide bonds. The van der Waals surface area contributed by atoms with Crippen molar-refractivity contribution in [3.8, 4) is 17.2 Å². The topological polar surface area (TPSA) is 122 Å². The molecule has 0 spiro atoms. The van der Waals surface area contributed by atoms with Crippen LogP contribution in [0.3, 0.4) is 0 Å². The summed E-state index contributed by atoms with van der Waals surface area (Å²) in [5.74, 6) is -0.745. The lowest BCUT2D eigenvalue weighted by Crippen LogP contribution is -2.22. The number of benzene rings is 2. The van der Waals surface area contributed by atoms with E-state index in [0.717, 1.165) is 18.2 Å². The fraction of sp³-hybridized carbons (Fsp3) is 0.160. The maximum absolute atomic E-state index is 13.1. The van der Waals surface area contributed by atoms with Gasteiger partial charge in [0, 0.05) is 17.7 Å². The van der Waals surface area contributed by atoms with Crippen molar-refractivity contribution in [2.75, 3.05) is 18.5 Å². The molecule has 0 bridgehead atoms. The maximum Gasteiger partial charge on any atom is 0.416 e. The number of aliphatic hydroxyl groups is 2. The Kier molecular flexibility index (Phi) is 7.04. The molecule has 2 heterocycles. The van der Waals surface area contributed by atoms with E-state index < -0.39 is 35.8 Å². The van der Waals surface area contributed by atoms with Crippen LogP contribution in [0.4, 0.5) is 18.9 Å². The second kappa shape index (κ2) is 10.2. The van der Waals surface area contributed by atoms with Gasteiger partial charge >= 0.3 is 6.18 Å². The van der Waals surface area contributed by atoms with Crippen LogP contribution in [0.25, 0.3) is 22.3 Å². The lowest BCUT2D eigenvalue weighted by molar-refractivity contribution is -0.137. The Labute approximate surface area is 201 Å². The number of amides is 1. The number of nitrogens with one attached hydrogen (secondary N) is 1. The number of carbonyl (C=O) groups excluding carboxylic acids is 1. The lowest BCUT2D eigenvalue weighted by atomic mass is 10.1. The Balaban J connectivity index is 1.67. The molecule has 0 saturated carbocycles. The van der Waals surface area contributed by atoms with Gasteiger partial charge in [-0.25, -0.2) is 4.98 Å². The number of anilines is 1. The van der Waals surface area contributed by atoms with Gasteiger partial charge in [0.1, 0.15) is 24.2 Å². The number of halogens is 3. The van der Waals surface area contributed by atoms with Gasteiger partial charge < -0.3 is 24.7 Å². The number of rotatable bonds is 7. The fourth-order valence-electron chi connectivity index (χ4n) is 3.31. The summed E-state index contributed by atoms with van der Waals surface area (Å²) in [6, 6.07) is 14.3. The van der Waals surface area contributed by atoms with E-state index in [-0.39, 0.29) is 46.2 Å². The number of carbonyl (C=O) groups is 1. The fourth-order valence-corrected chi connectivity index (χ4v) is 3.31. The molecule has 4 aromatic rings. The third-order valence-electron chi connectivity index (χ3n) is 5.07. The molecule has 8 nitrogen and oxygen atoms in total. The number of aliphatic hydroxyl groups excluding tert-OH is 2. The first kappa shape index (κ1) is 24.9. The first-order valence-corrected chi connectivity index (χ1v) is 10.6. The van der Waals surface area contributed by atoms with Gasteiger partial charge in [-0.3, -0.25) is 9.59 Å². The summed E-state index contributed by atoms with van der Waals surface area (Å²) in [5.41, 5.74) is -1.34. The lowest BCUT2D eigenvalue weighted by Gasteiger charge is -2.12. The summed E-state index contributed by atoms with van der Waals surface area (Å²) in [4.78, 5) is 29.6. The zero-order valence-electron chi connectivity index (χ0n) is 18.5. The first-order chi connectivity index (χ1) is 17.2. The Bertz CT molecular complexity index is 1470. The maximum atomic E-state index is 13.1. The highest BCUT2D eigenvalue weighted by atomic mass is 19.4. The summed E-state index contributed by atoms with van der Waals surface area (Å²) >= 11 is 0. The van der Waals surface area contributed by atoms with Gasteiger partial charge in [0.15, 0.2) is 11.0 Å². The number of aromatic nitrogens is 1. The molecule has 0 radical (unpaired) electrons. The smallest absolute Gasteiger partial charge is 0.416 e. The summed E-state index contributed by atoms with van der Waals surface area (Å²) in [5, 5.41) is 21.0. The normalized spacial score (nSPS) is 12.4. The highest BCUT2D eigenvalue weighted by molar-refractivity contribution is 6.07. The van der Waals surface area contributed by atoms with Gasteiger partial charge in [0.25, 0.3) is 5.91 Å². The van der Waals surface area contributed by atoms with E-state index in [9.17, 15) is 27.9 Å². The Morgan fingerprint density at radius 2 is 1.83 bits per heavy atom. The van der Waals surface area contributed by atoms with Crippen LogP contribution in [0, 0.1) is 0 Å². The number of nitrogens with zero attached hydrogens (tertiary/aromatic N) is 1. The highest BCUT2D eigenvalue weighted by Gasteiger charge is 2.30. The zero-order chi connectivity index (χ0) is 25.9. The molecule has 0 saturated heterocycles. The molecule has 1 unspecified atom stereocenters. The third kappa shape index (κ3) is 5.53. The van der Waals surface area contributed by atoms with Gasteiger partial charge in [-0.05, 0) is 30.3 Å². The van der Waals surface area contributed by atoms with Crippen molar-refractivity contribution in [3.63, 3.8) is 0 Å². The first-order valence-electron chi connectivity index (χ1n) is 10.6. The van der Waals surface area contributed by atoms with Crippen LogP contribution < -0.4 is 15.5 Å². The average molecular weight is 500 g/mol. The number of fused-ring (bicyclic) bond motifs is 1. The molecule has 0 aliphatic carbocycles. The zero-order valence-corrected chi connectivity index (χ0v) is 18.5. The summed E-state index contributed by atoms with van der Waals surface area (Å²) in [7, 11) is 0. The van der Waals surface area contributed by atoms with Crippen molar-refractivity contribution >= 4 is 22.6 Å². The van der Waals surface area contributed by atoms with Crippen LogP contribution in [0.1, 0.15) is 16.1 Å². The minimum atomic E-state index is -4.58. The van der Waals surface area contributed by atoms with Crippen LogP contribution in [0.5, 0.6) is 5.88 Å². The van der Waals surface area contributed by atoms with Crippen molar-refractivity contribution in [2.45, 2.75) is 12.3 Å². The van der Waals surface area contributed by atoms with Crippen LogP contribution >= 0.6 is 0 Å². The molecule has 186 valence electrons. The Morgan fingerprint density at radius 1 is 1.08 bits per heavy atom. The average Bonchev–Trinajstić information content (AvgIpc) is 2.87. The number of hydrogen-bond donors (Lipinski definition) is 3. The van der Waals surface area contributed by atoms with Crippen molar-refractivity contribution in [3.05, 3.63) is 88.2 Å². The van der Waals surface area contributed by atoms with Gasteiger partial charge in [0.2, 0.25) is 5.88 Å². The van der Waals surface area contributed by atoms with E-state index in [1.54, 1.807) is 0 Å². The summed E-state index contributed by atoms with van der Waals surface area (Å²) < 4.78 is 50.5. The molecule has 11 heteroatoms. The van der Waals surface area contributed by atoms with Crippen LogP contribution in [0.2, 0.25) is 0 Å². The van der Waals surface area contributed by atoms with E-state index in [1.807, 2.05) is 0 Å². The molecule has 0 fully saturated rings. The molecule has 2 aromatic carbocycles. The van der Waals surface area contributed by atoms with E-state index in [4.69, 9.17) is 14.3 Å². The standard InChI is InChI=1S/C25H19F3N2O6/c26-25(27,28)15-5-1-4-14(10-15)21-11-20(33)17-6-2-7-18(23(17)36-21)30-24(34)19-8-3-9-22(29-19)35-13-16(32)12-31/h1-11,16,31-32H,12-13H2,(H,30,34). The molecule has 0 aliphatic rings. The number of pyridine rings is 1. The van der Waals surface area contributed by atoms with Gasteiger partial charge in [-0.2, -0.15) is 13.2 Å². The minimum absolute atomic E-state index is 0.0239. The van der Waals surface area contributed by atoms with Crippen LogP contribution in [-0.2, 0) is 6.18 Å². The van der Waals surface area contributed by atoms with Gasteiger partial charge in [-0.15, -0.1) is 0 Å². The van der Waals surface area contributed by atoms with Gasteiger partial charge in [-0.1, -0.05) is 24.3 Å². The van der Waals surface area contributed by atoms with Crippen LogP contribution in [-0.4, -0.2) is 40.4 Å². The molecular formula is C25H19F3N2O6. The third-order valence-corrected chi connectivity index (χ3v) is 5.07. The molecular weight excluding hydrogens is 481 g/mol. The Hall–Kier alpha value is -4.22. The van der Waals surface area contributed by atoms with Crippen molar-refractivity contribution < 1.29 is 37.3 Å². The van der Waals surface area contributed by atoms with Crippen molar-refractivity contribution in [1.29, 1.82) is 0 Å². The van der Waals surface area contributed by atoms with E-state index in [0.29, 0.717) is 0 Å². The summed E-state index contributed by atoms with van der Waals surface area (Å²) in [6.07, 6.45) is -5.69. The number of para-hydroxylation sites is 1. The molecule has 36 heavy (non-hydrogen) atoms. The van der Waals surface area contributed by atoms with E-state index in [2.05, 4.69) is 10.3 Å². The van der Waals surface area contributed by atoms with Crippen LogP contribution in [0.15, 0.2) is 75.9 Å². The largest absolute Gasteiger partial charge is 0.475 e. The van der Waals surface area contributed by atoms with E-state index in [1.165, 1.54) is 48.5 Å². The number of ether oxygens (including phenoxy) is 1. The predicted octanol–water partition coefficient (Wildman–Crippen LogP) is 3.86. The molecule has 2 aromatic heterocycles. The van der Waals surface area contributed by atoms with Crippen molar-refractivity contribution in [2.24, 2.45) is 0 Å². The second-order valence-corrected chi connectivity index (χ2v) is 7.70. The molecule has 1 atom stereocenters. The monoisotopic (exact) mass is 500 g/mol. The molecule has 3 N–H and O–H groups in total. The van der Waals surface area contributed by atoms with E-state index >= 15 is 0 Å². The SMILES string of the molecule is O=C(Nc1cccc2c(=O)cc(-c3cccc(C(F)(F)F)c3)oc12)c1cccc(OCC(O)CO)n1. The summed E-state index contributed by atoms with van der Waals surface area (Å²) in [6.45, 7) is -0.740. The molecule has 0 aliphatic heterocycles. The van der Waals surface area contributed by atoms with Crippen molar-refractivity contribution in [1.82, 2.24) is 4.98 Å². The Morgan fingerprint density at radius 3 is 2.58 bits per heavy atom. The second-order valence-electron chi connectivity index (χ2n) is 7.70. The quantitative estimate of drug-likeness (QED) is 0.352. The molecule has 4 rings (SSSR count). The van der Waals surface area contributed by atoms with Gasteiger partial charge in [0.05, 0.1) is 23.2 Å². The minimum Gasteiger partial charge on any atom is -0.475 e. The highest BCUT2D eigenvalue weighted by Crippen LogP contribution is 2.33.